The number of nitrogens with zero attached hydrogens (tertiary/aromatic N) is 1. The zero-order chi connectivity index (χ0) is 32.2. The summed E-state index contributed by atoms with van der Waals surface area (Å²) in [5, 5.41) is 18.2. The van der Waals surface area contributed by atoms with E-state index in [1.807, 2.05) is 31.7 Å². The van der Waals surface area contributed by atoms with E-state index >= 15 is 0 Å². The van der Waals surface area contributed by atoms with Crippen LogP contribution in [0.15, 0.2) is 22.2 Å². The molecule has 3 aliphatic carbocycles. The molecule has 1 aliphatic heterocycles. The number of ether oxygens (including phenoxy) is 1. The minimum absolute atomic E-state index is 0.0747. The average molecular weight is 630 g/mol. The standard InChI is InChI=1S/C34H51N3O6S/c1-8-32(6)17-23(33(7)20(2)9-11-34(21(3)30(32)42)12-10-22(38)29(33)34)43-24(39)18-44-31(4,5)19-36-25-26(28(41)27(25)40)37-15-13-35-14-16-37/h8,20-21,23,29-30,35-36,42H,1,9-19H2,2-7H3/t20-,21+,23-,29+,30+,32-,33+,34+/m1/s1. The van der Waals surface area contributed by atoms with Gasteiger partial charge in [0.2, 0.25) is 0 Å². The molecule has 1 aromatic rings. The molecule has 244 valence electrons. The van der Waals surface area contributed by atoms with Crippen LogP contribution in [0.4, 0.5) is 11.4 Å². The van der Waals surface area contributed by atoms with Crippen LogP contribution in [0.2, 0.25) is 0 Å². The molecular formula is C34H51N3O6S. The van der Waals surface area contributed by atoms with E-state index in [4.69, 9.17) is 4.74 Å². The third kappa shape index (κ3) is 5.36. The highest BCUT2D eigenvalue weighted by Crippen LogP contribution is 2.68. The zero-order valence-corrected chi connectivity index (χ0v) is 28.1. The van der Waals surface area contributed by atoms with Crippen LogP contribution in [0.3, 0.4) is 0 Å². The predicted molar refractivity (Wildman–Crippen MR) is 176 cm³/mol. The molecule has 44 heavy (non-hydrogen) atoms. The van der Waals surface area contributed by atoms with Gasteiger partial charge < -0.3 is 25.4 Å². The number of nitrogens with one attached hydrogen (secondary N) is 2. The summed E-state index contributed by atoms with van der Waals surface area (Å²) in [6.45, 7) is 19.8. The number of carbonyl (C=O) groups excluding carboxylic acids is 2. The maximum Gasteiger partial charge on any atom is 0.316 e. The minimum Gasteiger partial charge on any atom is -0.461 e. The van der Waals surface area contributed by atoms with Gasteiger partial charge in [0.05, 0.1) is 11.9 Å². The Hall–Kier alpha value is -2.17. The fourth-order valence-electron chi connectivity index (χ4n) is 9.03. The van der Waals surface area contributed by atoms with Crippen LogP contribution in [0.1, 0.15) is 73.6 Å². The summed E-state index contributed by atoms with van der Waals surface area (Å²) in [5.41, 5.74) is -1.63. The normalized spacial score (nSPS) is 37.7. The Morgan fingerprint density at radius 1 is 1.18 bits per heavy atom. The van der Waals surface area contributed by atoms with Crippen LogP contribution in [-0.2, 0) is 14.3 Å². The predicted octanol–water partition coefficient (Wildman–Crippen LogP) is 3.52. The Kier molecular flexibility index (Phi) is 8.97. The van der Waals surface area contributed by atoms with E-state index in [0.29, 0.717) is 43.9 Å². The number of piperazine rings is 1. The number of anilines is 2. The van der Waals surface area contributed by atoms with Crippen molar-refractivity contribution < 1.29 is 19.4 Å². The monoisotopic (exact) mass is 629 g/mol. The lowest BCUT2D eigenvalue weighted by Crippen LogP contribution is -2.63. The molecule has 5 rings (SSSR count). The van der Waals surface area contributed by atoms with Crippen LogP contribution >= 0.6 is 11.8 Å². The van der Waals surface area contributed by atoms with E-state index in [1.54, 1.807) is 0 Å². The van der Waals surface area contributed by atoms with Gasteiger partial charge in [0.25, 0.3) is 10.9 Å². The molecule has 3 saturated carbocycles. The number of carbonyl (C=O) groups is 2. The van der Waals surface area contributed by atoms with Crippen molar-refractivity contribution in [2.75, 3.05) is 48.7 Å². The molecule has 4 aliphatic rings. The fourth-order valence-corrected chi connectivity index (χ4v) is 9.79. The molecule has 0 radical (unpaired) electrons. The Bertz CT molecular complexity index is 1370. The molecule has 0 amide bonds. The molecular weight excluding hydrogens is 578 g/mol. The molecule has 3 N–H and O–H groups in total. The van der Waals surface area contributed by atoms with Gasteiger partial charge in [0, 0.05) is 60.6 Å². The number of hydrogen-bond acceptors (Lipinski definition) is 10. The first-order valence-electron chi connectivity index (χ1n) is 16.3. The molecule has 1 saturated heterocycles. The summed E-state index contributed by atoms with van der Waals surface area (Å²) < 4.78 is 5.94. The van der Waals surface area contributed by atoms with Crippen molar-refractivity contribution in [2.45, 2.75) is 90.6 Å². The van der Waals surface area contributed by atoms with Gasteiger partial charge in [-0.15, -0.1) is 18.3 Å². The smallest absolute Gasteiger partial charge is 0.316 e. The van der Waals surface area contributed by atoms with E-state index in [-0.39, 0.29) is 40.7 Å². The number of aliphatic hydroxyl groups excluding tert-OH is 1. The molecule has 0 unspecified atom stereocenters. The summed E-state index contributed by atoms with van der Waals surface area (Å²) in [6.07, 6.45) is 4.06. The van der Waals surface area contributed by atoms with Crippen molar-refractivity contribution in [1.29, 1.82) is 0 Å². The second kappa shape index (κ2) is 11.9. The van der Waals surface area contributed by atoms with Crippen molar-refractivity contribution in [3.05, 3.63) is 33.1 Å². The van der Waals surface area contributed by atoms with Gasteiger partial charge in [-0.1, -0.05) is 33.8 Å². The second-order valence-electron chi connectivity index (χ2n) is 15.1. The number of rotatable bonds is 9. The number of esters is 1. The summed E-state index contributed by atoms with van der Waals surface area (Å²) in [7, 11) is 0. The first kappa shape index (κ1) is 33.2. The summed E-state index contributed by atoms with van der Waals surface area (Å²) in [5.74, 6) is -0.181. The number of thioether (sulfide) groups is 1. The topological polar surface area (TPSA) is 125 Å². The van der Waals surface area contributed by atoms with Crippen LogP contribution in [0.25, 0.3) is 0 Å². The van der Waals surface area contributed by atoms with Gasteiger partial charge in [0.1, 0.15) is 23.3 Å². The zero-order valence-electron chi connectivity index (χ0n) is 27.3. The van der Waals surface area contributed by atoms with Crippen molar-refractivity contribution in [3.8, 4) is 0 Å². The van der Waals surface area contributed by atoms with Gasteiger partial charge >= 0.3 is 5.97 Å². The third-order valence-corrected chi connectivity index (χ3v) is 13.5. The first-order chi connectivity index (χ1) is 20.6. The molecule has 2 bridgehead atoms. The lowest BCUT2D eigenvalue weighted by atomic mass is 9.44. The third-order valence-electron chi connectivity index (χ3n) is 12.2. The lowest BCUT2D eigenvalue weighted by Gasteiger charge is -2.61. The van der Waals surface area contributed by atoms with E-state index < -0.39 is 38.6 Å². The number of ketones is 1. The Morgan fingerprint density at radius 3 is 2.52 bits per heavy atom. The Balaban J connectivity index is 1.30. The van der Waals surface area contributed by atoms with Crippen molar-refractivity contribution >= 4 is 34.9 Å². The average Bonchev–Trinajstić information content (AvgIpc) is 3.36. The quantitative estimate of drug-likeness (QED) is 0.212. The van der Waals surface area contributed by atoms with E-state index in [1.165, 1.54) is 11.8 Å². The number of aliphatic hydroxyl groups is 1. The molecule has 0 aromatic heterocycles. The van der Waals surface area contributed by atoms with Crippen LogP contribution in [0.5, 0.6) is 0 Å². The molecule has 8 atom stereocenters. The van der Waals surface area contributed by atoms with E-state index in [9.17, 15) is 24.3 Å². The first-order valence-corrected chi connectivity index (χ1v) is 17.3. The molecule has 10 heteroatoms. The fraction of sp³-hybridized carbons (Fsp3) is 0.765. The van der Waals surface area contributed by atoms with Gasteiger partial charge in [-0.2, -0.15) is 0 Å². The van der Waals surface area contributed by atoms with E-state index in [0.717, 1.165) is 32.4 Å². The second-order valence-corrected chi connectivity index (χ2v) is 16.8. The van der Waals surface area contributed by atoms with Gasteiger partial charge in [-0.05, 0) is 56.8 Å². The largest absolute Gasteiger partial charge is 0.461 e. The van der Waals surface area contributed by atoms with Crippen LogP contribution in [-0.4, -0.2) is 72.3 Å². The van der Waals surface area contributed by atoms with Gasteiger partial charge in [0.15, 0.2) is 0 Å². The van der Waals surface area contributed by atoms with Gasteiger partial charge in [-0.3, -0.25) is 19.2 Å². The van der Waals surface area contributed by atoms with Crippen molar-refractivity contribution in [2.24, 2.45) is 34.0 Å². The molecule has 4 fully saturated rings. The summed E-state index contributed by atoms with van der Waals surface area (Å²) in [6, 6.07) is 0. The Labute approximate surface area is 265 Å². The maximum absolute atomic E-state index is 13.6. The lowest BCUT2D eigenvalue weighted by molar-refractivity contribution is -0.205. The van der Waals surface area contributed by atoms with Crippen molar-refractivity contribution in [1.82, 2.24) is 5.32 Å². The van der Waals surface area contributed by atoms with E-state index in [2.05, 4.69) is 38.0 Å². The Morgan fingerprint density at radius 2 is 1.86 bits per heavy atom. The highest BCUT2D eigenvalue weighted by atomic mass is 32.2. The highest BCUT2D eigenvalue weighted by molar-refractivity contribution is 8.01. The molecule has 1 heterocycles. The van der Waals surface area contributed by atoms with Crippen LogP contribution in [0, 0.1) is 34.0 Å². The molecule has 9 nitrogen and oxygen atoms in total. The van der Waals surface area contributed by atoms with Crippen LogP contribution < -0.4 is 26.4 Å². The highest BCUT2D eigenvalue weighted by Gasteiger charge is 2.68. The minimum atomic E-state index is -0.701. The SMILES string of the molecule is C=C[C@]1(C)C[C@@H](OC(=O)CSC(C)(C)CNc2c(N3CCNCC3)c(=O)c2=O)[C@]2(C)[C@H](C)CC[C@]3(CCC(=O)[C@H]32)[C@@H](C)[C@@H]1O. The van der Waals surface area contributed by atoms with Gasteiger partial charge in [-0.25, -0.2) is 0 Å². The molecule has 0 spiro atoms. The van der Waals surface area contributed by atoms with Crippen molar-refractivity contribution in [3.63, 3.8) is 0 Å². The summed E-state index contributed by atoms with van der Waals surface area (Å²) >= 11 is 1.43. The maximum atomic E-state index is 13.6. The number of Topliss-reactive ketones (excluding diaryl/α,β-unsaturated/α-hetero) is 1. The number of hydrogen-bond donors (Lipinski definition) is 3. The summed E-state index contributed by atoms with van der Waals surface area (Å²) in [4.78, 5) is 53.9. The molecule has 1 aromatic carbocycles.